The van der Waals surface area contributed by atoms with Crippen LogP contribution in [-0.4, -0.2) is 9.97 Å². The van der Waals surface area contributed by atoms with Crippen LogP contribution in [0.15, 0.2) is 18.2 Å². The topological polar surface area (TPSA) is 28.7 Å². The summed E-state index contributed by atoms with van der Waals surface area (Å²) in [5.41, 5.74) is 3.91. The van der Waals surface area contributed by atoms with Crippen LogP contribution in [-0.2, 0) is 12.8 Å². The lowest BCUT2D eigenvalue weighted by atomic mass is 10.0. The van der Waals surface area contributed by atoms with Gasteiger partial charge < -0.3 is 4.98 Å². The summed E-state index contributed by atoms with van der Waals surface area (Å²) in [6, 6.07) is 6.70. The van der Waals surface area contributed by atoms with E-state index in [-0.39, 0.29) is 0 Å². The third kappa shape index (κ3) is 13.0. The summed E-state index contributed by atoms with van der Waals surface area (Å²) < 4.78 is 0. The van der Waals surface area contributed by atoms with Crippen molar-refractivity contribution in [2.24, 2.45) is 0 Å². The highest BCUT2D eigenvalue weighted by molar-refractivity contribution is 5.78. The predicted molar refractivity (Wildman–Crippen MR) is 152 cm³/mol. The molecule has 0 unspecified atom stereocenters. The number of H-pyrrole nitrogens is 1. The molecule has 0 aliphatic rings. The Morgan fingerprint density at radius 2 is 0.971 bits per heavy atom. The lowest BCUT2D eigenvalue weighted by Crippen LogP contribution is -1.90. The second-order valence-electron chi connectivity index (χ2n) is 10.7. The highest BCUT2D eigenvalue weighted by Gasteiger charge is 2.07. The van der Waals surface area contributed by atoms with Crippen LogP contribution in [0.4, 0.5) is 0 Å². The molecule has 2 nitrogen and oxygen atoms in total. The van der Waals surface area contributed by atoms with Crippen LogP contribution in [0.5, 0.6) is 0 Å². The number of aromatic amines is 1. The van der Waals surface area contributed by atoms with E-state index in [4.69, 9.17) is 4.98 Å². The first-order valence-electron chi connectivity index (χ1n) is 15.3. The first-order chi connectivity index (χ1) is 16.8. The minimum atomic E-state index is 1.10. The summed E-state index contributed by atoms with van der Waals surface area (Å²) in [7, 11) is 0. The number of aromatic nitrogens is 2. The maximum absolute atomic E-state index is 5.00. The van der Waals surface area contributed by atoms with Crippen LogP contribution in [0, 0.1) is 0 Å². The number of hydrogen-bond donors (Lipinski definition) is 1. The normalized spacial score (nSPS) is 11.6. The van der Waals surface area contributed by atoms with Gasteiger partial charge in [0.1, 0.15) is 5.82 Å². The van der Waals surface area contributed by atoms with Crippen molar-refractivity contribution in [2.75, 3.05) is 0 Å². The maximum atomic E-state index is 5.00. The number of unbranched alkanes of at least 4 members (excludes halogenated alkanes) is 19. The second kappa shape index (κ2) is 19.9. The Kier molecular flexibility index (Phi) is 17.0. The van der Waals surface area contributed by atoms with Gasteiger partial charge in [-0.25, -0.2) is 4.98 Å². The smallest absolute Gasteiger partial charge is 0.107 e. The molecule has 1 aromatic carbocycles. The van der Waals surface area contributed by atoms with Crippen molar-refractivity contribution in [1.29, 1.82) is 0 Å². The molecule has 0 bridgehead atoms. The number of aryl methyl sites for hydroxylation is 2. The number of rotatable bonds is 23. The number of para-hydroxylation sites is 1. The number of hydrogen-bond acceptors (Lipinski definition) is 1. The van der Waals surface area contributed by atoms with Crippen molar-refractivity contribution in [3.63, 3.8) is 0 Å². The summed E-state index contributed by atoms with van der Waals surface area (Å²) in [6.07, 6.45) is 31.7. The zero-order valence-corrected chi connectivity index (χ0v) is 22.9. The molecule has 2 aromatic rings. The van der Waals surface area contributed by atoms with Gasteiger partial charge in [0, 0.05) is 6.42 Å². The Balaban J connectivity index is 1.53. The van der Waals surface area contributed by atoms with Gasteiger partial charge in [-0.15, -0.1) is 0 Å². The molecule has 0 saturated heterocycles. The van der Waals surface area contributed by atoms with Crippen LogP contribution >= 0.6 is 0 Å². The van der Waals surface area contributed by atoms with Gasteiger partial charge in [-0.05, 0) is 30.9 Å². The third-order valence-electron chi connectivity index (χ3n) is 7.46. The summed E-state index contributed by atoms with van der Waals surface area (Å²) in [5.74, 6) is 1.20. The van der Waals surface area contributed by atoms with E-state index >= 15 is 0 Å². The molecule has 0 radical (unpaired) electrons. The van der Waals surface area contributed by atoms with Gasteiger partial charge >= 0.3 is 0 Å². The molecule has 2 heteroatoms. The second-order valence-corrected chi connectivity index (χ2v) is 10.7. The van der Waals surface area contributed by atoms with Gasteiger partial charge in [0.25, 0.3) is 0 Å². The predicted octanol–water partition coefficient (Wildman–Crippen LogP) is 10.9. The third-order valence-corrected chi connectivity index (χ3v) is 7.46. The molecule has 0 fully saturated rings. The van der Waals surface area contributed by atoms with Gasteiger partial charge in [-0.2, -0.15) is 0 Å². The molecule has 0 amide bonds. The first kappa shape index (κ1) is 28.9. The van der Waals surface area contributed by atoms with Gasteiger partial charge in [0.2, 0.25) is 0 Å². The molecule has 0 aliphatic carbocycles. The minimum absolute atomic E-state index is 1.10. The maximum Gasteiger partial charge on any atom is 0.107 e. The van der Waals surface area contributed by atoms with Crippen molar-refractivity contribution < 1.29 is 0 Å². The molecule has 0 spiro atoms. The Morgan fingerprint density at radius 1 is 0.529 bits per heavy atom. The quantitative estimate of drug-likeness (QED) is 0.161. The summed E-state index contributed by atoms with van der Waals surface area (Å²) >= 11 is 0. The van der Waals surface area contributed by atoms with E-state index in [1.165, 1.54) is 164 Å². The van der Waals surface area contributed by atoms with Crippen LogP contribution in [0.3, 0.4) is 0 Å². The molecule has 0 aliphatic heterocycles. The standard InChI is InChI=1S/C32H56N2/c1-3-5-7-9-11-13-14-15-16-17-19-21-23-28-31-33-30-27-24-26-29(32(30)34-31)25-22-20-18-12-10-8-6-4-2/h24,26-27H,3-23,25,28H2,1-2H3,(H,33,34). The van der Waals surface area contributed by atoms with E-state index in [2.05, 4.69) is 37.0 Å². The number of imidazole rings is 1. The molecular weight excluding hydrogens is 412 g/mol. The van der Waals surface area contributed by atoms with Crippen molar-refractivity contribution in [2.45, 2.75) is 162 Å². The fraction of sp³-hybridized carbons (Fsp3) is 0.781. The highest BCUT2D eigenvalue weighted by atomic mass is 14.9. The van der Waals surface area contributed by atoms with Gasteiger partial charge in [0.15, 0.2) is 0 Å². The lowest BCUT2D eigenvalue weighted by Gasteiger charge is -2.03. The Hall–Kier alpha value is -1.31. The Labute approximate surface area is 212 Å². The number of benzene rings is 1. The van der Waals surface area contributed by atoms with Crippen molar-refractivity contribution in [3.05, 3.63) is 29.6 Å². The Morgan fingerprint density at radius 3 is 1.47 bits per heavy atom. The molecule has 194 valence electrons. The van der Waals surface area contributed by atoms with Crippen LogP contribution in [0.1, 0.15) is 160 Å². The fourth-order valence-electron chi connectivity index (χ4n) is 5.22. The van der Waals surface area contributed by atoms with Crippen molar-refractivity contribution in [1.82, 2.24) is 9.97 Å². The average Bonchev–Trinajstić information content (AvgIpc) is 3.27. The van der Waals surface area contributed by atoms with Crippen LogP contribution < -0.4 is 0 Å². The number of fused-ring (bicyclic) bond motifs is 1. The average molecular weight is 469 g/mol. The van der Waals surface area contributed by atoms with Gasteiger partial charge in [0.05, 0.1) is 11.0 Å². The van der Waals surface area contributed by atoms with Crippen molar-refractivity contribution in [3.8, 4) is 0 Å². The van der Waals surface area contributed by atoms with E-state index in [1.807, 2.05) is 0 Å². The van der Waals surface area contributed by atoms with Gasteiger partial charge in [-0.3, -0.25) is 0 Å². The van der Waals surface area contributed by atoms with Crippen LogP contribution in [0.2, 0.25) is 0 Å². The minimum Gasteiger partial charge on any atom is -0.342 e. The van der Waals surface area contributed by atoms with E-state index in [1.54, 1.807) is 0 Å². The Bertz CT molecular complexity index is 717. The van der Waals surface area contributed by atoms with Crippen molar-refractivity contribution >= 4 is 11.0 Å². The molecule has 1 aromatic heterocycles. The molecular formula is C32H56N2. The zero-order chi connectivity index (χ0) is 24.1. The van der Waals surface area contributed by atoms with Gasteiger partial charge in [-0.1, -0.05) is 148 Å². The molecule has 2 rings (SSSR count). The van der Waals surface area contributed by atoms with Crippen LogP contribution in [0.25, 0.3) is 11.0 Å². The monoisotopic (exact) mass is 468 g/mol. The van der Waals surface area contributed by atoms with E-state index in [0.717, 1.165) is 6.42 Å². The largest absolute Gasteiger partial charge is 0.342 e. The fourth-order valence-corrected chi connectivity index (χ4v) is 5.22. The molecule has 34 heavy (non-hydrogen) atoms. The SMILES string of the molecule is CCCCCCCCCCCCCCCc1nc2c(CCCCCCCCCC)cccc2[nH]1. The van der Waals surface area contributed by atoms with E-state index < -0.39 is 0 Å². The molecule has 1 heterocycles. The molecule has 1 N–H and O–H groups in total. The summed E-state index contributed by atoms with van der Waals surface area (Å²) in [4.78, 5) is 8.60. The number of nitrogens with zero attached hydrogens (tertiary/aromatic N) is 1. The summed E-state index contributed by atoms with van der Waals surface area (Å²) in [5, 5.41) is 0. The highest BCUT2D eigenvalue weighted by Crippen LogP contribution is 2.21. The molecule has 0 saturated carbocycles. The zero-order valence-electron chi connectivity index (χ0n) is 22.9. The first-order valence-corrected chi connectivity index (χ1v) is 15.3. The summed E-state index contributed by atoms with van der Waals surface area (Å²) in [6.45, 7) is 4.59. The molecule has 0 atom stereocenters. The lowest BCUT2D eigenvalue weighted by molar-refractivity contribution is 0.538. The van der Waals surface area contributed by atoms with E-state index in [9.17, 15) is 0 Å². The number of nitrogens with one attached hydrogen (secondary N) is 1. The van der Waals surface area contributed by atoms with E-state index in [0.29, 0.717) is 0 Å².